The fraction of sp³-hybridized carbons (Fsp3) is 0.133. The molecule has 0 radical (unpaired) electrons. The molecule has 2 heterocycles. The van der Waals surface area contributed by atoms with Crippen molar-refractivity contribution >= 4 is 40.2 Å². The Bertz CT molecular complexity index is 737. The first kappa shape index (κ1) is 14.4. The summed E-state index contributed by atoms with van der Waals surface area (Å²) in [6.45, 7) is 2.09. The lowest BCUT2D eigenvalue weighted by atomic mass is 10.2. The second kappa shape index (κ2) is 6.10. The summed E-state index contributed by atoms with van der Waals surface area (Å²) in [6, 6.07) is 11.7. The van der Waals surface area contributed by atoms with E-state index in [-0.39, 0.29) is 6.04 Å². The number of aromatic nitrogens is 2. The first-order valence-corrected chi connectivity index (χ1v) is 8.02. The van der Waals surface area contributed by atoms with Crippen molar-refractivity contribution in [3.8, 4) is 5.69 Å². The van der Waals surface area contributed by atoms with E-state index in [1.807, 2.05) is 42.6 Å². The van der Waals surface area contributed by atoms with Gasteiger partial charge in [0, 0.05) is 17.3 Å². The van der Waals surface area contributed by atoms with Crippen molar-refractivity contribution in [3.05, 3.63) is 63.0 Å². The molecule has 0 fully saturated rings. The molecule has 1 N–H and O–H groups in total. The topological polar surface area (TPSA) is 29.9 Å². The maximum absolute atomic E-state index is 6.34. The van der Waals surface area contributed by atoms with Gasteiger partial charge in [-0.25, -0.2) is 4.68 Å². The van der Waals surface area contributed by atoms with Crippen LogP contribution < -0.4 is 5.32 Å². The molecule has 0 saturated carbocycles. The van der Waals surface area contributed by atoms with Crippen molar-refractivity contribution in [2.75, 3.05) is 5.32 Å². The van der Waals surface area contributed by atoms with Crippen LogP contribution in [0.25, 0.3) is 5.69 Å². The molecule has 3 rings (SSSR count). The van der Waals surface area contributed by atoms with Crippen LogP contribution in [0.4, 0.5) is 5.69 Å². The first-order chi connectivity index (χ1) is 10.1. The van der Waals surface area contributed by atoms with Gasteiger partial charge >= 0.3 is 0 Å². The molecule has 0 bridgehead atoms. The van der Waals surface area contributed by atoms with Crippen molar-refractivity contribution in [3.63, 3.8) is 0 Å². The molecule has 0 amide bonds. The van der Waals surface area contributed by atoms with E-state index in [4.69, 9.17) is 23.2 Å². The van der Waals surface area contributed by atoms with Gasteiger partial charge in [-0.15, -0.1) is 11.3 Å². The summed E-state index contributed by atoms with van der Waals surface area (Å²) in [4.78, 5) is 1.17. The molecule has 108 valence electrons. The van der Waals surface area contributed by atoms with Crippen LogP contribution in [0, 0.1) is 0 Å². The number of benzene rings is 1. The van der Waals surface area contributed by atoms with Gasteiger partial charge in [-0.3, -0.25) is 0 Å². The summed E-state index contributed by atoms with van der Waals surface area (Å²) in [6.07, 6.45) is 3.61. The van der Waals surface area contributed by atoms with Crippen LogP contribution >= 0.6 is 34.5 Å². The van der Waals surface area contributed by atoms with Crippen molar-refractivity contribution in [2.24, 2.45) is 0 Å². The van der Waals surface area contributed by atoms with Gasteiger partial charge in [0.25, 0.3) is 0 Å². The number of nitrogens with one attached hydrogen (secondary N) is 1. The van der Waals surface area contributed by atoms with Crippen LogP contribution in [0.1, 0.15) is 17.8 Å². The lowest BCUT2D eigenvalue weighted by Crippen LogP contribution is -2.09. The number of rotatable bonds is 4. The lowest BCUT2D eigenvalue weighted by molar-refractivity contribution is 0.862. The van der Waals surface area contributed by atoms with E-state index in [1.165, 1.54) is 4.88 Å². The van der Waals surface area contributed by atoms with Crippen molar-refractivity contribution in [1.29, 1.82) is 0 Å². The highest BCUT2D eigenvalue weighted by molar-refractivity contribution is 7.16. The summed E-state index contributed by atoms with van der Waals surface area (Å²) in [5.41, 5.74) is 1.78. The Morgan fingerprint density at radius 2 is 2.05 bits per heavy atom. The predicted molar refractivity (Wildman–Crippen MR) is 89.9 cm³/mol. The maximum Gasteiger partial charge on any atom is 0.106 e. The van der Waals surface area contributed by atoms with Crippen LogP contribution in [-0.2, 0) is 0 Å². The second-order valence-electron chi connectivity index (χ2n) is 4.59. The third-order valence-electron chi connectivity index (χ3n) is 3.11. The van der Waals surface area contributed by atoms with E-state index in [2.05, 4.69) is 17.3 Å². The molecule has 6 heteroatoms. The van der Waals surface area contributed by atoms with E-state index in [0.29, 0.717) is 5.02 Å². The Balaban J connectivity index is 1.94. The highest BCUT2D eigenvalue weighted by atomic mass is 35.5. The summed E-state index contributed by atoms with van der Waals surface area (Å²) >= 11 is 13.9. The van der Waals surface area contributed by atoms with Crippen molar-refractivity contribution < 1.29 is 0 Å². The Morgan fingerprint density at radius 3 is 2.71 bits per heavy atom. The number of nitrogens with zero attached hydrogens (tertiary/aromatic N) is 2. The van der Waals surface area contributed by atoms with E-state index in [9.17, 15) is 0 Å². The number of thiophene rings is 1. The summed E-state index contributed by atoms with van der Waals surface area (Å²) < 4.78 is 2.55. The average molecular weight is 338 g/mol. The molecule has 2 aromatic heterocycles. The van der Waals surface area contributed by atoms with Crippen LogP contribution in [-0.4, -0.2) is 9.78 Å². The largest absolute Gasteiger partial charge is 0.376 e. The second-order valence-corrected chi connectivity index (χ2v) is 6.75. The highest BCUT2D eigenvalue weighted by Gasteiger charge is 2.14. The average Bonchev–Trinajstić information content (AvgIpc) is 3.10. The zero-order valence-electron chi connectivity index (χ0n) is 11.3. The third-order valence-corrected chi connectivity index (χ3v) is 4.83. The molecule has 3 aromatic rings. The Labute approximate surface area is 137 Å². The normalized spacial score (nSPS) is 12.3. The summed E-state index contributed by atoms with van der Waals surface area (Å²) in [5, 5.41) is 8.39. The molecule has 1 atom stereocenters. The monoisotopic (exact) mass is 337 g/mol. The summed E-state index contributed by atoms with van der Waals surface area (Å²) in [7, 11) is 0. The molecule has 3 nitrogen and oxygen atoms in total. The smallest absolute Gasteiger partial charge is 0.106 e. The standard InChI is InChI=1S/C15H13Cl2N3S/c1-10(13-6-7-14(17)21-13)19-12-5-2-4-11(16)15(12)20-9-3-8-18-20/h2-10,19H,1H3. The van der Waals surface area contributed by atoms with Gasteiger partial charge in [-0.1, -0.05) is 29.3 Å². The minimum Gasteiger partial charge on any atom is -0.376 e. The molecule has 0 aliphatic heterocycles. The van der Waals surface area contributed by atoms with Crippen molar-refractivity contribution in [2.45, 2.75) is 13.0 Å². The quantitative estimate of drug-likeness (QED) is 0.689. The number of anilines is 1. The number of para-hydroxylation sites is 1. The molecular weight excluding hydrogens is 325 g/mol. The van der Waals surface area contributed by atoms with Crippen LogP contribution in [0.5, 0.6) is 0 Å². The van der Waals surface area contributed by atoms with Crippen molar-refractivity contribution in [1.82, 2.24) is 9.78 Å². The number of halogens is 2. The maximum atomic E-state index is 6.34. The van der Waals surface area contributed by atoms with Crippen LogP contribution in [0.2, 0.25) is 9.36 Å². The predicted octanol–water partition coefficient (Wildman–Crippen LogP) is 5.41. The molecule has 0 spiro atoms. The van der Waals surface area contributed by atoms with Gasteiger partial charge in [0.15, 0.2) is 0 Å². The van der Waals surface area contributed by atoms with Gasteiger partial charge in [0.05, 0.1) is 21.1 Å². The molecule has 1 aromatic carbocycles. The van der Waals surface area contributed by atoms with E-state index in [0.717, 1.165) is 15.7 Å². The SMILES string of the molecule is CC(Nc1cccc(Cl)c1-n1cccn1)c1ccc(Cl)s1. The molecule has 0 saturated heterocycles. The van der Waals surface area contributed by atoms with Gasteiger partial charge < -0.3 is 5.32 Å². The fourth-order valence-corrected chi connectivity index (χ4v) is 3.46. The zero-order chi connectivity index (χ0) is 14.8. The van der Waals surface area contributed by atoms with Gasteiger partial charge in [0.1, 0.15) is 5.69 Å². The minimum absolute atomic E-state index is 0.135. The minimum atomic E-state index is 0.135. The first-order valence-electron chi connectivity index (χ1n) is 6.45. The molecule has 0 aliphatic carbocycles. The molecule has 0 aliphatic rings. The molecule has 1 unspecified atom stereocenters. The molecule has 21 heavy (non-hydrogen) atoms. The zero-order valence-corrected chi connectivity index (χ0v) is 13.6. The van der Waals surface area contributed by atoms with Gasteiger partial charge in [0.2, 0.25) is 0 Å². The third kappa shape index (κ3) is 3.07. The number of hydrogen-bond acceptors (Lipinski definition) is 3. The fourth-order valence-electron chi connectivity index (χ4n) is 2.13. The van der Waals surface area contributed by atoms with E-state index < -0.39 is 0 Å². The number of hydrogen-bond donors (Lipinski definition) is 1. The van der Waals surface area contributed by atoms with E-state index >= 15 is 0 Å². The highest BCUT2D eigenvalue weighted by Crippen LogP contribution is 2.33. The van der Waals surface area contributed by atoms with Gasteiger partial charge in [-0.05, 0) is 37.3 Å². The Kier molecular flexibility index (Phi) is 4.19. The van der Waals surface area contributed by atoms with Crippen LogP contribution in [0.3, 0.4) is 0 Å². The molecular formula is C15H13Cl2N3S. The summed E-state index contributed by atoms with van der Waals surface area (Å²) in [5.74, 6) is 0. The lowest BCUT2D eigenvalue weighted by Gasteiger charge is -2.18. The Hall–Kier alpha value is -1.49. The van der Waals surface area contributed by atoms with E-state index in [1.54, 1.807) is 22.2 Å². The van der Waals surface area contributed by atoms with Gasteiger partial charge in [-0.2, -0.15) is 5.10 Å². The van der Waals surface area contributed by atoms with Crippen LogP contribution in [0.15, 0.2) is 48.8 Å². The Morgan fingerprint density at radius 1 is 1.19 bits per heavy atom.